The molecule has 0 aliphatic carbocycles. The Morgan fingerprint density at radius 2 is 1.79 bits per heavy atom. The van der Waals surface area contributed by atoms with Crippen LogP contribution in [-0.4, -0.2) is 52.2 Å². The fourth-order valence-corrected chi connectivity index (χ4v) is 4.68. The molecule has 1 aromatic carbocycles. The summed E-state index contributed by atoms with van der Waals surface area (Å²) in [7, 11) is 0. The molecule has 2 atom stereocenters. The Labute approximate surface area is 176 Å². The third-order valence-electron chi connectivity index (χ3n) is 6.71. The summed E-state index contributed by atoms with van der Waals surface area (Å²) in [5, 5.41) is 10.0. The number of halogens is 4. The van der Waals surface area contributed by atoms with Crippen molar-refractivity contribution in [1.29, 1.82) is 0 Å². The normalized spacial score (nSPS) is 27.6. The highest BCUT2D eigenvalue weighted by atomic mass is 35.5. The number of amides is 1. The molecular formula is C21H30ClF3N2O2. The number of aliphatic hydroxyl groups is 1. The molecule has 1 amide bonds. The van der Waals surface area contributed by atoms with Gasteiger partial charge in [-0.25, -0.2) is 0 Å². The Balaban J connectivity index is 0.00000300. The molecule has 0 saturated carbocycles. The van der Waals surface area contributed by atoms with Crippen molar-refractivity contribution in [2.45, 2.75) is 64.4 Å². The lowest BCUT2D eigenvalue weighted by Crippen LogP contribution is -2.69. The number of hydrogen-bond acceptors (Lipinski definition) is 3. The number of likely N-dealkylation sites (tertiary alicyclic amines) is 2. The number of rotatable bonds is 3. The topological polar surface area (TPSA) is 43.8 Å². The third-order valence-corrected chi connectivity index (χ3v) is 6.71. The van der Waals surface area contributed by atoms with Gasteiger partial charge in [-0.15, -0.1) is 12.4 Å². The second kappa shape index (κ2) is 8.44. The lowest BCUT2D eigenvalue weighted by molar-refractivity contribution is -0.172. The van der Waals surface area contributed by atoms with Gasteiger partial charge in [0, 0.05) is 25.0 Å². The molecule has 1 N–H and O–H groups in total. The van der Waals surface area contributed by atoms with Crippen molar-refractivity contribution in [1.82, 2.24) is 9.80 Å². The first-order valence-corrected chi connectivity index (χ1v) is 9.85. The van der Waals surface area contributed by atoms with Crippen LogP contribution in [0.2, 0.25) is 0 Å². The van der Waals surface area contributed by atoms with Gasteiger partial charge in [-0.1, -0.05) is 26.0 Å². The average Bonchev–Trinajstić information content (AvgIpc) is 3.03. The number of carbonyl (C=O) groups excluding carboxylic acids is 1. The summed E-state index contributed by atoms with van der Waals surface area (Å²) in [6.45, 7) is 8.24. The molecule has 3 rings (SSSR count). The van der Waals surface area contributed by atoms with Gasteiger partial charge in [-0.2, -0.15) is 13.2 Å². The molecule has 4 nitrogen and oxygen atoms in total. The lowest BCUT2D eigenvalue weighted by Gasteiger charge is -2.59. The van der Waals surface area contributed by atoms with Crippen LogP contribution in [0.5, 0.6) is 0 Å². The van der Waals surface area contributed by atoms with E-state index in [2.05, 4.69) is 25.7 Å². The molecule has 2 heterocycles. The van der Waals surface area contributed by atoms with Crippen LogP contribution < -0.4 is 0 Å². The molecule has 1 aromatic rings. The van der Waals surface area contributed by atoms with Gasteiger partial charge in [-0.3, -0.25) is 9.69 Å². The first kappa shape index (κ1) is 24.0. The molecule has 2 unspecified atom stereocenters. The van der Waals surface area contributed by atoms with Crippen molar-refractivity contribution in [2.24, 2.45) is 5.41 Å². The van der Waals surface area contributed by atoms with E-state index in [-0.39, 0.29) is 36.3 Å². The number of carbonyl (C=O) groups is 1. The summed E-state index contributed by atoms with van der Waals surface area (Å²) in [6.07, 6.45) is -2.15. The molecular weight excluding hydrogens is 405 g/mol. The van der Waals surface area contributed by atoms with Crippen molar-refractivity contribution in [2.75, 3.05) is 19.6 Å². The predicted molar refractivity (Wildman–Crippen MR) is 108 cm³/mol. The van der Waals surface area contributed by atoms with E-state index in [1.807, 2.05) is 4.90 Å². The van der Waals surface area contributed by atoms with Crippen LogP contribution in [0.1, 0.15) is 51.2 Å². The van der Waals surface area contributed by atoms with E-state index in [0.717, 1.165) is 31.5 Å². The van der Waals surface area contributed by atoms with E-state index in [1.165, 1.54) is 12.1 Å². The number of hydrogen-bond donors (Lipinski definition) is 1. The molecule has 0 bridgehead atoms. The van der Waals surface area contributed by atoms with Crippen molar-refractivity contribution in [3.63, 3.8) is 0 Å². The summed E-state index contributed by atoms with van der Waals surface area (Å²) >= 11 is 0. The summed E-state index contributed by atoms with van der Waals surface area (Å²) in [5.41, 5.74) is -0.833. The Morgan fingerprint density at radius 1 is 1.17 bits per heavy atom. The van der Waals surface area contributed by atoms with Crippen LogP contribution >= 0.6 is 12.4 Å². The molecule has 8 heteroatoms. The van der Waals surface area contributed by atoms with Gasteiger partial charge in [-0.05, 0) is 43.9 Å². The highest BCUT2D eigenvalue weighted by Gasteiger charge is 2.54. The van der Waals surface area contributed by atoms with Crippen molar-refractivity contribution >= 4 is 18.3 Å². The van der Waals surface area contributed by atoms with Crippen molar-refractivity contribution < 1.29 is 23.1 Å². The molecule has 2 aliphatic rings. The maximum atomic E-state index is 13.2. The zero-order valence-corrected chi connectivity index (χ0v) is 17.9. The minimum Gasteiger partial charge on any atom is -0.392 e. The monoisotopic (exact) mass is 434 g/mol. The van der Waals surface area contributed by atoms with Crippen molar-refractivity contribution in [3.05, 3.63) is 35.4 Å². The molecule has 0 aromatic heterocycles. The minimum atomic E-state index is -4.38. The number of piperidine rings is 1. The van der Waals surface area contributed by atoms with E-state index >= 15 is 0 Å². The van der Waals surface area contributed by atoms with Gasteiger partial charge in [0.25, 0.3) is 0 Å². The average molecular weight is 435 g/mol. The first-order valence-electron chi connectivity index (χ1n) is 9.85. The smallest absolute Gasteiger partial charge is 0.392 e. The maximum absolute atomic E-state index is 13.2. The Hall–Kier alpha value is -1.31. The zero-order valence-electron chi connectivity index (χ0n) is 17.1. The van der Waals surface area contributed by atoms with Crippen molar-refractivity contribution in [3.8, 4) is 0 Å². The molecule has 0 radical (unpaired) electrons. The fourth-order valence-electron chi connectivity index (χ4n) is 4.68. The van der Waals surface area contributed by atoms with Gasteiger partial charge in [0.1, 0.15) is 0 Å². The standard InChI is InChI=1S/C21H29F3N2O2.ClH/c1-19(2)10-4-11-26(20(19,3)25-12-9-17(27)14-25)18(28)13-15-5-7-16(8-6-15)21(22,23)24;/h5-8,17,27H,4,9-14H2,1-3H3;1H. The molecule has 164 valence electrons. The molecule has 2 fully saturated rings. The number of β-amino-alcohol motifs (C(OH)–C–C–N with tert-alkyl or cyclic N) is 1. The van der Waals surface area contributed by atoms with E-state index < -0.39 is 17.4 Å². The van der Waals surface area contributed by atoms with Crippen LogP contribution in [0.4, 0.5) is 13.2 Å². The summed E-state index contributed by atoms with van der Waals surface area (Å²) in [5.74, 6) is -0.0866. The van der Waals surface area contributed by atoms with Crippen LogP contribution in [-0.2, 0) is 17.4 Å². The third kappa shape index (κ3) is 4.57. The number of benzene rings is 1. The van der Waals surface area contributed by atoms with Crippen LogP contribution in [0, 0.1) is 5.41 Å². The van der Waals surface area contributed by atoms with E-state index in [0.29, 0.717) is 25.1 Å². The minimum absolute atomic E-state index is 0. The highest BCUT2D eigenvalue weighted by Crippen LogP contribution is 2.47. The highest BCUT2D eigenvalue weighted by molar-refractivity contribution is 5.85. The van der Waals surface area contributed by atoms with Gasteiger partial charge >= 0.3 is 6.18 Å². The zero-order chi connectivity index (χ0) is 20.7. The van der Waals surface area contributed by atoms with Gasteiger partial charge < -0.3 is 10.0 Å². The first-order chi connectivity index (χ1) is 12.9. The van der Waals surface area contributed by atoms with Crippen LogP contribution in [0.15, 0.2) is 24.3 Å². The summed E-state index contributed by atoms with van der Waals surface area (Å²) in [4.78, 5) is 17.3. The van der Waals surface area contributed by atoms with E-state index in [1.54, 1.807) is 0 Å². The Morgan fingerprint density at radius 3 is 2.31 bits per heavy atom. The fraction of sp³-hybridized carbons (Fsp3) is 0.667. The molecule has 0 spiro atoms. The largest absolute Gasteiger partial charge is 0.416 e. The van der Waals surface area contributed by atoms with E-state index in [9.17, 15) is 23.1 Å². The molecule has 29 heavy (non-hydrogen) atoms. The molecule has 2 aliphatic heterocycles. The van der Waals surface area contributed by atoms with Crippen LogP contribution in [0.25, 0.3) is 0 Å². The van der Waals surface area contributed by atoms with Gasteiger partial charge in [0.15, 0.2) is 0 Å². The van der Waals surface area contributed by atoms with E-state index in [4.69, 9.17) is 0 Å². The Kier molecular flexibility index (Phi) is 6.97. The summed E-state index contributed by atoms with van der Waals surface area (Å²) in [6, 6.07) is 4.82. The number of aliphatic hydroxyl groups excluding tert-OH is 1. The maximum Gasteiger partial charge on any atom is 0.416 e. The molecule has 2 saturated heterocycles. The van der Waals surface area contributed by atoms with Gasteiger partial charge in [0.2, 0.25) is 5.91 Å². The predicted octanol–water partition coefficient (Wildman–Crippen LogP) is 4.10. The number of nitrogens with zero attached hydrogens (tertiary/aromatic N) is 2. The van der Waals surface area contributed by atoms with Crippen LogP contribution in [0.3, 0.4) is 0 Å². The lowest BCUT2D eigenvalue weighted by atomic mass is 9.71. The van der Waals surface area contributed by atoms with Gasteiger partial charge in [0.05, 0.1) is 23.8 Å². The SMILES string of the molecule is CC1(C)CCCN(C(=O)Cc2ccc(C(F)(F)F)cc2)C1(C)N1CCC(O)C1.Cl. The quantitative estimate of drug-likeness (QED) is 0.778. The Bertz CT molecular complexity index is 724. The second-order valence-corrected chi connectivity index (χ2v) is 8.81. The summed E-state index contributed by atoms with van der Waals surface area (Å²) < 4.78 is 38.3. The number of alkyl halides is 3. The second-order valence-electron chi connectivity index (χ2n) is 8.81.